The predicted octanol–water partition coefficient (Wildman–Crippen LogP) is 6.36. The third-order valence-corrected chi connectivity index (χ3v) is 9.27. The Balaban J connectivity index is 1.10. The van der Waals surface area contributed by atoms with Gasteiger partial charge < -0.3 is 19.3 Å². The van der Waals surface area contributed by atoms with Gasteiger partial charge in [0, 0.05) is 43.2 Å². The summed E-state index contributed by atoms with van der Waals surface area (Å²) in [5.74, 6) is 1.51. The van der Waals surface area contributed by atoms with Gasteiger partial charge in [0.2, 0.25) is 6.79 Å². The van der Waals surface area contributed by atoms with E-state index >= 15 is 0 Å². The van der Waals surface area contributed by atoms with E-state index in [9.17, 15) is 9.59 Å². The third kappa shape index (κ3) is 5.96. The molecule has 1 fully saturated rings. The summed E-state index contributed by atoms with van der Waals surface area (Å²) in [5.41, 5.74) is 5.71. The second kappa shape index (κ2) is 12.2. The highest BCUT2D eigenvalue weighted by Gasteiger charge is 2.31. The molecule has 0 saturated carbocycles. The number of carbonyl (C=O) groups excluding carboxylic acids is 2. The van der Waals surface area contributed by atoms with E-state index in [1.807, 2.05) is 88.7 Å². The quantitative estimate of drug-likeness (QED) is 0.239. The van der Waals surface area contributed by atoms with Gasteiger partial charge in [0.25, 0.3) is 11.8 Å². The average Bonchev–Trinajstić information content (AvgIpc) is 3.52. The molecule has 44 heavy (non-hydrogen) atoms. The van der Waals surface area contributed by atoms with Crippen molar-refractivity contribution in [1.29, 1.82) is 0 Å². The Morgan fingerprint density at radius 3 is 2.43 bits per heavy atom. The number of ether oxygens (including phenoxy) is 2. The first-order valence-electron chi connectivity index (χ1n) is 14.9. The SMILES string of the molecule is Cc1cccc(CN2C(=O)/C(=C/c3ccccc3)Sc3ccc(C(=O)N4CCN(Cc5ccc6c(c5)OCO6)CC4)cc32)c1. The maximum Gasteiger partial charge on any atom is 0.265 e. The number of hydrogen-bond donors (Lipinski definition) is 0. The Morgan fingerprint density at radius 2 is 1.61 bits per heavy atom. The lowest BCUT2D eigenvalue weighted by molar-refractivity contribution is -0.114. The number of piperazine rings is 1. The van der Waals surface area contributed by atoms with E-state index in [1.165, 1.54) is 17.3 Å². The number of thioether (sulfide) groups is 1. The lowest BCUT2D eigenvalue weighted by atomic mass is 10.1. The van der Waals surface area contributed by atoms with E-state index in [2.05, 4.69) is 30.0 Å². The molecule has 0 aromatic heterocycles. The van der Waals surface area contributed by atoms with Gasteiger partial charge >= 0.3 is 0 Å². The van der Waals surface area contributed by atoms with Gasteiger partial charge in [-0.25, -0.2) is 0 Å². The van der Waals surface area contributed by atoms with Crippen molar-refractivity contribution in [3.05, 3.63) is 124 Å². The van der Waals surface area contributed by atoms with Gasteiger partial charge in [-0.05, 0) is 60.0 Å². The number of anilines is 1. The molecule has 0 aliphatic carbocycles. The van der Waals surface area contributed by atoms with Gasteiger partial charge in [0.15, 0.2) is 11.5 Å². The van der Waals surface area contributed by atoms with E-state index in [-0.39, 0.29) is 18.6 Å². The third-order valence-electron chi connectivity index (χ3n) is 8.20. The summed E-state index contributed by atoms with van der Waals surface area (Å²) in [7, 11) is 0. The van der Waals surface area contributed by atoms with Crippen LogP contribution in [-0.4, -0.2) is 54.6 Å². The Hall–Kier alpha value is -4.53. The van der Waals surface area contributed by atoms with Crippen LogP contribution in [0.5, 0.6) is 11.5 Å². The van der Waals surface area contributed by atoms with Crippen LogP contribution in [0.2, 0.25) is 0 Å². The molecule has 7 rings (SSSR count). The van der Waals surface area contributed by atoms with Crippen LogP contribution in [0.15, 0.2) is 101 Å². The average molecular weight is 604 g/mol. The fourth-order valence-corrected chi connectivity index (χ4v) is 6.92. The second-order valence-corrected chi connectivity index (χ2v) is 12.4. The van der Waals surface area contributed by atoms with Crippen LogP contribution in [0.3, 0.4) is 0 Å². The fraction of sp³-hybridized carbons (Fsp3) is 0.222. The van der Waals surface area contributed by atoms with Crippen LogP contribution >= 0.6 is 11.8 Å². The number of carbonyl (C=O) groups is 2. The topological polar surface area (TPSA) is 62.3 Å². The number of rotatable bonds is 6. The van der Waals surface area contributed by atoms with E-state index in [0.29, 0.717) is 30.1 Å². The molecular formula is C36H33N3O4S. The molecule has 0 bridgehead atoms. The summed E-state index contributed by atoms with van der Waals surface area (Å²) in [6.07, 6.45) is 1.95. The fourth-order valence-electron chi connectivity index (χ4n) is 5.88. The van der Waals surface area contributed by atoms with Crippen LogP contribution in [0.4, 0.5) is 5.69 Å². The lowest BCUT2D eigenvalue weighted by Crippen LogP contribution is -2.48. The van der Waals surface area contributed by atoms with Crippen molar-refractivity contribution < 1.29 is 19.1 Å². The summed E-state index contributed by atoms with van der Waals surface area (Å²) in [5, 5.41) is 0. The molecule has 0 radical (unpaired) electrons. The first-order valence-corrected chi connectivity index (χ1v) is 15.7. The molecule has 3 heterocycles. The van der Waals surface area contributed by atoms with Crippen molar-refractivity contribution in [3.8, 4) is 11.5 Å². The second-order valence-electron chi connectivity index (χ2n) is 11.3. The van der Waals surface area contributed by atoms with Crippen molar-refractivity contribution in [1.82, 2.24) is 9.80 Å². The van der Waals surface area contributed by atoms with Gasteiger partial charge in [-0.1, -0.05) is 78.0 Å². The minimum absolute atomic E-state index is 0.00545. The summed E-state index contributed by atoms with van der Waals surface area (Å²) >= 11 is 1.46. The Morgan fingerprint density at radius 1 is 0.818 bits per heavy atom. The molecule has 0 atom stereocenters. The van der Waals surface area contributed by atoms with E-state index in [0.717, 1.165) is 58.4 Å². The summed E-state index contributed by atoms with van der Waals surface area (Å²) in [6, 6.07) is 30.0. The Bertz CT molecular complexity index is 1750. The van der Waals surface area contributed by atoms with Crippen LogP contribution in [0.25, 0.3) is 6.08 Å². The minimum atomic E-state index is -0.0606. The van der Waals surface area contributed by atoms with Crippen LogP contribution < -0.4 is 14.4 Å². The zero-order chi connectivity index (χ0) is 30.0. The molecule has 4 aromatic rings. The molecule has 8 heteroatoms. The predicted molar refractivity (Wildman–Crippen MR) is 173 cm³/mol. The van der Waals surface area contributed by atoms with Crippen LogP contribution in [0, 0.1) is 6.92 Å². The van der Waals surface area contributed by atoms with Gasteiger partial charge in [-0.3, -0.25) is 14.5 Å². The molecular weight excluding hydrogens is 570 g/mol. The number of amides is 2. The molecule has 1 saturated heterocycles. The van der Waals surface area contributed by atoms with Gasteiger partial charge in [0.1, 0.15) is 0 Å². The highest BCUT2D eigenvalue weighted by molar-refractivity contribution is 8.04. The minimum Gasteiger partial charge on any atom is -0.454 e. The number of aryl methyl sites for hydroxylation is 1. The molecule has 0 unspecified atom stereocenters. The largest absolute Gasteiger partial charge is 0.454 e. The molecule has 222 valence electrons. The highest BCUT2D eigenvalue weighted by atomic mass is 32.2. The van der Waals surface area contributed by atoms with Gasteiger partial charge in [0.05, 0.1) is 17.1 Å². The Labute approximate surface area is 261 Å². The van der Waals surface area contributed by atoms with Crippen molar-refractivity contribution in [2.24, 2.45) is 0 Å². The number of fused-ring (bicyclic) bond motifs is 2. The van der Waals surface area contributed by atoms with Crippen LogP contribution in [0.1, 0.15) is 32.6 Å². The van der Waals surface area contributed by atoms with Gasteiger partial charge in [-0.15, -0.1) is 0 Å². The zero-order valence-corrected chi connectivity index (χ0v) is 25.4. The van der Waals surface area contributed by atoms with E-state index in [1.54, 1.807) is 0 Å². The molecule has 3 aliphatic heterocycles. The summed E-state index contributed by atoms with van der Waals surface area (Å²) in [6.45, 7) is 6.40. The molecule has 4 aromatic carbocycles. The zero-order valence-electron chi connectivity index (χ0n) is 24.6. The molecule has 2 amide bonds. The lowest BCUT2D eigenvalue weighted by Gasteiger charge is -2.35. The monoisotopic (exact) mass is 603 g/mol. The number of nitrogens with zero attached hydrogens (tertiary/aromatic N) is 3. The number of hydrogen-bond acceptors (Lipinski definition) is 6. The first-order chi connectivity index (χ1) is 21.5. The summed E-state index contributed by atoms with van der Waals surface area (Å²) < 4.78 is 11.0. The van der Waals surface area contributed by atoms with Gasteiger partial charge in [-0.2, -0.15) is 0 Å². The van der Waals surface area contributed by atoms with E-state index < -0.39 is 0 Å². The maximum atomic E-state index is 13.9. The summed E-state index contributed by atoms with van der Waals surface area (Å²) in [4.78, 5) is 35.4. The van der Waals surface area contributed by atoms with Crippen molar-refractivity contribution >= 4 is 35.3 Å². The van der Waals surface area contributed by atoms with E-state index in [4.69, 9.17) is 9.47 Å². The van der Waals surface area contributed by atoms with Crippen molar-refractivity contribution in [2.45, 2.75) is 24.9 Å². The molecule has 0 spiro atoms. The normalized spacial score (nSPS) is 17.2. The molecule has 7 nitrogen and oxygen atoms in total. The molecule has 3 aliphatic rings. The molecule has 0 N–H and O–H groups in total. The van der Waals surface area contributed by atoms with Crippen molar-refractivity contribution in [3.63, 3.8) is 0 Å². The smallest absolute Gasteiger partial charge is 0.265 e. The number of benzene rings is 4. The Kier molecular flexibility index (Phi) is 7.85. The van der Waals surface area contributed by atoms with Crippen molar-refractivity contribution in [2.75, 3.05) is 37.9 Å². The highest BCUT2D eigenvalue weighted by Crippen LogP contribution is 2.43. The first kappa shape index (κ1) is 28.3. The van der Waals surface area contributed by atoms with Crippen LogP contribution in [-0.2, 0) is 17.9 Å². The standard InChI is InChI=1S/C36H33N3O4S/c1-25-6-5-9-27(18-25)23-39-30-21-29(11-13-33(30)44-34(36(39)41)20-26-7-3-2-4-8-26)35(40)38-16-14-37(15-17-38)22-28-10-12-31-32(19-28)43-24-42-31/h2-13,18-21H,14-17,22-24H2,1H3/b34-20-. The maximum absolute atomic E-state index is 13.9.